The summed E-state index contributed by atoms with van der Waals surface area (Å²) in [4.78, 5) is 25.6. The van der Waals surface area contributed by atoms with E-state index in [4.69, 9.17) is 9.47 Å². The van der Waals surface area contributed by atoms with Crippen LogP contribution in [0.3, 0.4) is 0 Å². The molecule has 0 spiro atoms. The zero-order valence-corrected chi connectivity index (χ0v) is 15.8. The molecule has 0 bridgehead atoms. The zero-order valence-electron chi connectivity index (χ0n) is 14.9. The van der Waals surface area contributed by atoms with Crippen molar-refractivity contribution in [3.05, 3.63) is 29.8 Å². The number of hydrogen-bond donors (Lipinski definition) is 1. The van der Waals surface area contributed by atoms with Crippen LogP contribution in [0.25, 0.3) is 0 Å². The maximum absolute atomic E-state index is 12.0. The summed E-state index contributed by atoms with van der Waals surface area (Å²) in [6.07, 6.45) is 0.505. The molecule has 26 heavy (non-hydrogen) atoms. The molecule has 1 atom stereocenters. The standard InChI is InChI=1S/C17H24N2O6S/c1-13-11-19(9-10-24-13)16(20)12-25-17(21)8-5-14-3-6-15(7-4-14)26(22,23)18-2/h3-4,6-7,13,18H,5,8-12H2,1-2H3. The molecule has 1 aromatic rings. The van der Waals surface area contributed by atoms with E-state index in [9.17, 15) is 18.0 Å². The van der Waals surface area contributed by atoms with Crippen molar-refractivity contribution >= 4 is 21.9 Å². The first kappa shape index (κ1) is 20.3. The van der Waals surface area contributed by atoms with Crippen molar-refractivity contribution in [3.63, 3.8) is 0 Å². The molecular weight excluding hydrogens is 360 g/mol. The van der Waals surface area contributed by atoms with Crippen molar-refractivity contribution in [2.75, 3.05) is 33.4 Å². The predicted molar refractivity (Wildman–Crippen MR) is 94.0 cm³/mol. The highest BCUT2D eigenvalue weighted by Gasteiger charge is 2.22. The zero-order chi connectivity index (χ0) is 19.2. The number of esters is 1. The number of amides is 1. The van der Waals surface area contributed by atoms with Gasteiger partial charge in [0.15, 0.2) is 6.61 Å². The summed E-state index contributed by atoms with van der Waals surface area (Å²) in [5, 5.41) is 0. The lowest BCUT2D eigenvalue weighted by Crippen LogP contribution is -2.46. The van der Waals surface area contributed by atoms with Gasteiger partial charge in [-0.2, -0.15) is 0 Å². The van der Waals surface area contributed by atoms with Crippen LogP contribution < -0.4 is 4.72 Å². The molecule has 1 N–H and O–H groups in total. The van der Waals surface area contributed by atoms with Crippen LogP contribution in [-0.2, 0) is 35.5 Å². The number of sulfonamides is 1. The predicted octanol–water partition coefficient (Wildman–Crippen LogP) is 0.318. The van der Waals surface area contributed by atoms with E-state index >= 15 is 0 Å². The lowest BCUT2D eigenvalue weighted by Gasteiger charge is -2.30. The highest BCUT2D eigenvalue weighted by Crippen LogP contribution is 2.12. The minimum absolute atomic E-state index is 0.0157. The third-order valence-electron chi connectivity index (χ3n) is 4.07. The molecule has 2 rings (SSSR count). The van der Waals surface area contributed by atoms with Gasteiger partial charge in [-0.25, -0.2) is 13.1 Å². The molecule has 0 aromatic heterocycles. The molecule has 1 amide bonds. The van der Waals surface area contributed by atoms with E-state index in [2.05, 4.69) is 4.72 Å². The number of aryl methyl sites for hydroxylation is 1. The third kappa shape index (κ3) is 5.79. The Balaban J connectivity index is 1.75. The first-order chi connectivity index (χ1) is 12.3. The lowest BCUT2D eigenvalue weighted by atomic mass is 10.1. The molecule has 1 aliphatic rings. The van der Waals surface area contributed by atoms with Crippen LogP contribution in [0.15, 0.2) is 29.2 Å². The van der Waals surface area contributed by atoms with Crippen molar-refractivity contribution in [3.8, 4) is 0 Å². The van der Waals surface area contributed by atoms with Crippen LogP contribution in [0.2, 0.25) is 0 Å². The maximum atomic E-state index is 12.0. The fraction of sp³-hybridized carbons (Fsp3) is 0.529. The summed E-state index contributed by atoms with van der Waals surface area (Å²) < 4.78 is 35.9. The molecule has 1 unspecified atom stereocenters. The number of benzene rings is 1. The number of nitrogens with one attached hydrogen (secondary N) is 1. The Morgan fingerprint density at radius 1 is 1.31 bits per heavy atom. The first-order valence-electron chi connectivity index (χ1n) is 8.39. The topological polar surface area (TPSA) is 102 Å². The number of ether oxygens (including phenoxy) is 2. The molecule has 0 saturated carbocycles. The maximum Gasteiger partial charge on any atom is 0.306 e. The van der Waals surface area contributed by atoms with Gasteiger partial charge in [-0.1, -0.05) is 12.1 Å². The molecule has 1 heterocycles. The van der Waals surface area contributed by atoms with Gasteiger partial charge in [0.1, 0.15) is 0 Å². The normalized spacial score (nSPS) is 17.8. The third-order valence-corrected chi connectivity index (χ3v) is 5.50. The number of carbonyl (C=O) groups is 2. The van der Waals surface area contributed by atoms with Crippen LogP contribution in [0.5, 0.6) is 0 Å². The highest BCUT2D eigenvalue weighted by atomic mass is 32.2. The van der Waals surface area contributed by atoms with Crippen LogP contribution >= 0.6 is 0 Å². The van der Waals surface area contributed by atoms with Gasteiger partial charge in [0.2, 0.25) is 10.0 Å². The fourth-order valence-electron chi connectivity index (χ4n) is 2.55. The molecular formula is C17H24N2O6S. The summed E-state index contributed by atoms with van der Waals surface area (Å²) in [7, 11) is -2.13. The quantitative estimate of drug-likeness (QED) is 0.679. The minimum atomic E-state index is -3.47. The SMILES string of the molecule is CNS(=O)(=O)c1ccc(CCC(=O)OCC(=O)N2CCOC(C)C2)cc1. The summed E-state index contributed by atoms with van der Waals surface area (Å²) in [5.41, 5.74) is 0.810. The Hall–Kier alpha value is -1.97. The van der Waals surface area contributed by atoms with Gasteiger partial charge in [-0.3, -0.25) is 9.59 Å². The Morgan fingerprint density at radius 3 is 2.62 bits per heavy atom. The fourth-order valence-corrected chi connectivity index (χ4v) is 3.28. The van der Waals surface area contributed by atoms with E-state index in [1.165, 1.54) is 19.2 Å². The van der Waals surface area contributed by atoms with E-state index in [0.717, 1.165) is 5.56 Å². The van der Waals surface area contributed by atoms with E-state index in [1.54, 1.807) is 17.0 Å². The first-order valence-corrected chi connectivity index (χ1v) is 9.87. The molecule has 1 fully saturated rings. The minimum Gasteiger partial charge on any atom is -0.456 e. The second-order valence-electron chi connectivity index (χ2n) is 6.03. The second-order valence-corrected chi connectivity index (χ2v) is 7.92. The van der Waals surface area contributed by atoms with E-state index in [1.807, 2.05) is 6.92 Å². The molecule has 0 radical (unpaired) electrons. The molecule has 1 saturated heterocycles. The van der Waals surface area contributed by atoms with E-state index < -0.39 is 16.0 Å². The average Bonchev–Trinajstić information content (AvgIpc) is 2.64. The molecule has 0 aliphatic carbocycles. The van der Waals surface area contributed by atoms with Crippen molar-refractivity contribution in [1.29, 1.82) is 0 Å². The summed E-state index contributed by atoms with van der Waals surface area (Å²) >= 11 is 0. The Morgan fingerprint density at radius 2 is 2.00 bits per heavy atom. The van der Waals surface area contributed by atoms with Gasteiger partial charge < -0.3 is 14.4 Å². The number of morpholine rings is 1. The molecule has 8 nitrogen and oxygen atoms in total. The second kappa shape index (κ2) is 9.11. The molecule has 144 valence electrons. The van der Waals surface area contributed by atoms with E-state index in [0.29, 0.717) is 26.1 Å². The summed E-state index contributed by atoms with van der Waals surface area (Å²) in [6, 6.07) is 6.26. The monoisotopic (exact) mass is 384 g/mol. The Labute approximate surface area is 153 Å². The number of rotatable bonds is 7. The van der Waals surface area contributed by atoms with Crippen molar-refractivity contribution in [2.45, 2.75) is 30.8 Å². The van der Waals surface area contributed by atoms with Gasteiger partial charge >= 0.3 is 5.97 Å². The summed E-state index contributed by atoms with van der Waals surface area (Å²) in [6.45, 7) is 3.10. The average molecular weight is 384 g/mol. The highest BCUT2D eigenvalue weighted by molar-refractivity contribution is 7.89. The van der Waals surface area contributed by atoms with Gasteiger partial charge in [0.25, 0.3) is 5.91 Å². The van der Waals surface area contributed by atoms with E-state index in [-0.39, 0.29) is 29.9 Å². The van der Waals surface area contributed by atoms with Gasteiger partial charge in [0, 0.05) is 19.5 Å². The van der Waals surface area contributed by atoms with Crippen molar-refractivity contribution in [1.82, 2.24) is 9.62 Å². The van der Waals surface area contributed by atoms with Crippen LogP contribution in [-0.4, -0.2) is 64.6 Å². The molecule has 1 aliphatic heterocycles. The number of carbonyl (C=O) groups excluding carboxylic acids is 2. The smallest absolute Gasteiger partial charge is 0.306 e. The number of nitrogens with zero attached hydrogens (tertiary/aromatic N) is 1. The summed E-state index contributed by atoms with van der Waals surface area (Å²) in [5.74, 6) is -0.693. The van der Waals surface area contributed by atoms with Gasteiger partial charge in [-0.05, 0) is 38.1 Å². The van der Waals surface area contributed by atoms with Crippen LogP contribution in [0.4, 0.5) is 0 Å². The molecule has 1 aromatic carbocycles. The largest absolute Gasteiger partial charge is 0.456 e. The Bertz CT molecular complexity index is 732. The van der Waals surface area contributed by atoms with Crippen molar-refractivity contribution in [2.24, 2.45) is 0 Å². The van der Waals surface area contributed by atoms with Gasteiger partial charge in [-0.15, -0.1) is 0 Å². The van der Waals surface area contributed by atoms with Crippen LogP contribution in [0, 0.1) is 0 Å². The van der Waals surface area contributed by atoms with Gasteiger partial charge in [0.05, 0.1) is 17.6 Å². The lowest BCUT2D eigenvalue weighted by molar-refractivity contribution is -0.154. The number of hydrogen-bond acceptors (Lipinski definition) is 6. The molecule has 9 heteroatoms. The van der Waals surface area contributed by atoms with Crippen molar-refractivity contribution < 1.29 is 27.5 Å². The Kier molecular flexibility index (Phi) is 7.13. The van der Waals surface area contributed by atoms with Crippen LogP contribution in [0.1, 0.15) is 18.9 Å².